The van der Waals surface area contributed by atoms with Crippen molar-refractivity contribution in [1.29, 1.82) is 5.26 Å². The normalized spacial score (nSPS) is 17.0. The molecule has 1 unspecified atom stereocenters. The molecule has 1 aliphatic heterocycles. The molecule has 1 aliphatic carbocycles. The molecule has 0 bridgehead atoms. The number of benzene rings is 2. The minimum Gasteiger partial charge on any atom is -0.370 e. The molecule has 2 heterocycles. The molecular formula is C26H28N6O. The van der Waals surface area contributed by atoms with Crippen molar-refractivity contribution < 1.29 is 4.79 Å². The van der Waals surface area contributed by atoms with Gasteiger partial charge in [-0.15, -0.1) is 0 Å². The molecule has 2 aromatic carbocycles. The summed E-state index contributed by atoms with van der Waals surface area (Å²) in [6.07, 6.45) is 9.66. The number of fused-ring (bicyclic) bond motifs is 3. The van der Waals surface area contributed by atoms with Crippen molar-refractivity contribution in [2.24, 2.45) is 0 Å². The number of amides is 2. The van der Waals surface area contributed by atoms with E-state index < -0.39 is 0 Å². The molecular weight excluding hydrogens is 412 g/mol. The third-order valence-corrected chi connectivity index (χ3v) is 6.93. The zero-order valence-electron chi connectivity index (χ0n) is 18.8. The van der Waals surface area contributed by atoms with E-state index in [1.54, 1.807) is 6.07 Å². The molecule has 7 nitrogen and oxygen atoms in total. The lowest BCUT2D eigenvalue weighted by Crippen LogP contribution is -2.36. The number of anilines is 2. The van der Waals surface area contributed by atoms with E-state index in [0.717, 1.165) is 35.5 Å². The lowest BCUT2D eigenvalue weighted by atomic mass is 9.94. The molecule has 0 saturated heterocycles. The number of aromatic nitrogens is 2. The Hall–Kier alpha value is -3.79. The van der Waals surface area contributed by atoms with Crippen molar-refractivity contribution >= 4 is 17.4 Å². The fraction of sp³-hybridized carbons (Fsp3) is 0.346. The average molecular weight is 441 g/mol. The quantitative estimate of drug-likeness (QED) is 0.590. The molecule has 1 atom stereocenters. The zero-order chi connectivity index (χ0) is 22.8. The van der Waals surface area contributed by atoms with Gasteiger partial charge in [-0.1, -0.05) is 43.5 Å². The summed E-state index contributed by atoms with van der Waals surface area (Å²) in [7, 11) is 2.06. The highest BCUT2D eigenvalue weighted by atomic mass is 16.2. The Morgan fingerprint density at radius 1 is 1.21 bits per heavy atom. The third kappa shape index (κ3) is 4.05. The van der Waals surface area contributed by atoms with Gasteiger partial charge in [-0.05, 0) is 36.6 Å². The number of hydrogen-bond acceptors (Lipinski definition) is 4. The van der Waals surface area contributed by atoms with Gasteiger partial charge in [0.05, 0.1) is 47.3 Å². The van der Waals surface area contributed by atoms with Crippen molar-refractivity contribution in [2.75, 3.05) is 23.8 Å². The molecule has 2 N–H and O–H groups in total. The smallest absolute Gasteiger partial charge is 0.319 e. The van der Waals surface area contributed by atoms with Crippen LogP contribution in [0.3, 0.4) is 0 Å². The molecule has 0 radical (unpaired) electrons. The number of imidazole rings is 1. The summed E-state index contributed by atoms with van der Waals surface area (Å²) in [5.41, 5.74) is 5.61. The molecule has 1 fully saturated rings. The van der Waals surface area contributed by atoms with E-state index in [4.69, 9.17) is 0 Å². The van der Waals surface area contributed by atoms with Crippen LogP contribution < -0.4 is 15.5 Å². The van der Waals surface area contributed by atoms with Gasteiger partial charge in [-0.2, -0.15) is 5.26 Å². The van der Waals surface area contributed by atoms with E-state index in [-0.39, 0.29) is 12.1 Å². The zero-order valence-corrected chi connectivity index (χ0v) is 18.8. The van der Waals surface area contributed by atoms with E-state index in [0.29, 0.717) is 18.2 Å². The number of rotatable bonds is 5. The van der Waals surface area contributed by atoms with Crippen molar-refractivity contribution in [2.45, 2.75) is 44.2 Å². The Bertz CT molecular complexity index is 1200. The summed E-state index contributed by atoms with van der Waals surface area (Å²) in [4.78, 5) is 19.4. The van der Waals surface area contributed by atoms with Crippen LogP contribution in [0, 0.1) is 11.3 Å². The molecule has 1 saturated carbocycles. The highest BCUT2D eigenvalue weighted by Crippen LogP contribution is 2.38. The Balaban J connectivity index is 1.31. The number of urea groups is 1. The van der Waals surface area contributed by atoms with Gasteiger partial charge in [-0.3, -0.25) is 0 Å². The first-order valence-electron chi connectivity index (χ1n) is 11.6. The Kier molecular flexibility index (Phi) is 5.74. The molecule has 2 amide bonds. The first-order chi connectivity index (χ1) is 16.2. The van der Waals surface area contributed by atoms with Crippen molar-refractivity contribution in [3.8, 4) is 17.3 Å². The number of nitriles is 1. The molecule has 1 aromatic heterocycles. The number of carbonyl (C=O) groups is 1. The molecule has 33 heavy (non-hydrogen) atoms. The minimum atomic E-state index is -0.260. The number of hydrogen-bond donors (Lipinski definition) is 2. The van der Waals surface area contributed by atoms with Gasteiger partial charge in [0.25, 0.3) is 0 Å². The fourth-order valence-corrected chi connectivity index (χ4v) is 5.16. The minimum absolute atomic E-state index is 0.00907. The number of nitrogens with zero attached hydrogens (tertiary/aromatic N) is 4. The molecule has 5 rings (SSSR count). The molecule has 0 spiro atoms. The fourth-order valence-electron chi connectivity index (χ4n) is 5.16. The standard InChI is InChI=1S/C26H28N6O/c1-31(19-7-3-2-4-8-19)23-13-18(14-27)11-12-22(23)30-26(33)29-16-25-21-10-6-5-9-20(21)24-15-28-17-32(24)25/h5-6,9-13,15,17,19,25H,2-4,7-8,16H2,1H3,(H2,29,30,33). The first kappa shape index (κ1) is 21.1. The van der Waals surface area contributed by atoms with Gasteiger partial charge in [0.2, 0.25) is 0 Å². The second kappa shape index (κ2) is 8.99. The Morgan fingerprint density at radius 2 is 2.03 bits per heavy atom. The van der Waals surface area contributed by atoms with E-state index in [1.165, 1.54) is 24.8 Å². The lowest BCUT2D eigenvalue weighted by Gasteiger charge is -2.34. The summed E-state index contributed by atoms with van der Waals surface area (Å²) < 4.78 is 2.11. The maximum Gasteiger partial charge on any atom is 0.319 e. The maximum absolute atomic E-state index is 12.9. The van der Waals surface area contributed by atoms with Gasteiger partial charge in [0.15, 0.2) is 0 Å². The second-order valence-electron chi connectivity index (χ2n) is 8.87. The van der Waals surface area contributed by atoms with Crippen LogP contribution in [0.1, 0.15) is 49.3 Å². The Labute approximate surface area is 194 Å². The van der Waals surface area contributed by atoms with Crippen LogP contribution in [-0.2, 0) is 0 Å². The van der Waals surface area contributed by atoms with Crippen molar-refractivity contribution in [3.05, 3.63) is 66.1 Å². The third-order valence-electron chi connectivity index (χ3n) is 6.93. The molecule has 2 aliphatic rings. The van der Waals surface area contributed by atoms with Crippen LogP contribution in [0.2, 0.25) is 0 Å². The monoisotopic (exact) mass is 440 g/mol. The van der Waals surface area contributed by atoms with Crippen LogP contribution >= 0.6 is 0 Å². The summed E-state index contributed by atoms with van der Waals surface area (Å²) >= 11 is 0. The average Bonchev–Trinajstić information content (AvgIpc) is 3.44. The predicted molar refractivity (Wildman–Crippen MR) is 129 cm³/mol. The summed E-state index contributed by atoms with van der Waals surface area (Å²) in [6, 6.07) is 16.1. The highest BCUT2D eigenvalue weighted by molar-refractivity contribution is 5.93. The van der Waals surface area contributed by atoms with Crippen LogP contribution in [0.4, 0.5) is 16.2 Å². The predicted octanol–water partition coefficient (Wildman–Crippen LogP) is 4.92. The number of carbonyl (C=O) groups excluding carboxylic acids is 1. The van der Waals surface area contributed by atoms with E-state index in [1.807, 2.05) is 36.8 Å². The largest absolute Gasteiger partial charge is 0.370 e. The maximum atomic E-state index is 12.9. The molecule has 168 valence electrons. The molecule has 7 heteroatoms. The highest BCUT2D eigenvalue weighted by Gasteiger charge is 2.28. The van der Waals surface area contributed by atoms with Gasteiger partial charge < -0.3 is 20.1 Å². The van der Waals surface area contributed by atoms with Crippen LogP contribution in [0.15, 0.2) is 55.0 Å². The summed E-state index contributed by atoms with van der Waals surface area (Å²) in [5.74, 6) is 0. The SMILES string of the molecule is CN(c1cc(C#N)ccc1NC(=O)NCC1c2ccccc2-c2cncn21)C1CCCCC1. The van der Waals surface area contributed by atoms with Gasteiger partial charge in [0, 0.05) is 25.2 Å². The van der Waals surface area contributed by atoms with E-state index in [2.05, 4.69) is 50.3 Å². The van der Waals surface area contributed by atoms with Gasteiger partial charge >= 0.3 is 6.03 Å². The Morgan fingerprint density at radius 3 is 2.85 bits per heavy atom. The van der Waals surface area contributed by atoms with Crippen LogP contribution in [-0.4, -0.2) is 35.2 Å². The van der Waals surface area contributed by atoms with Gasteiger partial charge in [0.1, 0.15) is 0 Å². The van der Waals surface area contributed by atoms with Crippen molar-refractivity contribution in [1.82, 2.24) is 14.9 Å². The van der Waals surface area contributed by atoms with E-state index >= 15 is 0 Å². The lowest BCUT2D eigenvalue weighted by molar-refractivity contribution is 0.251. The van der Waals surface area contributed by atoms with Crippen molar-refractivity contribution in [3.63, 3.8) is 0 Å². The van der Waals surface area contributed by atoms with Crippen LogP contribution in [0.5, 0.6) is 0 Å². The van der Waals surface area contributed by atoms with Crippen LogP contribution in [0.25, 0.3) is 11.3 Å². The topological polar surface area (TPSA) is 86.0 Å². The second-order valence-corrected chi connectivity index (χ2v) is 8.87. The summed E-state index contributed by atoms with van der Waals surface area (Å²) in [6.45, 7) is 0.455. The molecule has 3 aromatic rings. The van der Waals surface area contributed by atoms with Gasteiger partial charge in [-0.25, -0.2) is 9.78 Å². The first-order valence-corrected chi connectivity index (χ1v) is 11.6. The van der Waals surface area contributed by atoms with E-state index in [9.17, 15) is 10.1 Å². The number of nitrogens with one attached hydrogen (secondary N) is 2. The summed E-state index contributed by atoms with van der Waals surface area (Å²) in [5, 5.41) is 15.5.